The topological polar surface area (TPSA) is 237 Å². The summed E-state index contributed by atoms with van der Waals surface area (Å²) in [5.41, 5.74) is 7.08. The number of ketones is 2. The van der Waals surface area contributed by atoms with Crippen LogP contribution in [0.1, 0.15) is 98.9 Å². The Balaban J connectivity index is 0.000000135. The molecule has 2 N–H and O–H groups in total. The van der Waals surface area contributed by atoms with Crippen molar-refractivity contribution < 1.29 is 73.2 Å². The van der Waals surface area contributed by atoms with Gasteiger partial charge in [-0.3, -0.25) is 32.4 Å². The minimum atomic E-state index is -0.481. The van der Waals surface area contributed by atoms with Crippen molar-refractivity contribution in [2.24, 2.45) is 0 Å². The van der Waals surface area contributed by atoms with E-state index < -0.39 is 29.2 Å². The molecule has 0 aliphatic carbocycles. The molecule has 21 nitrogen and oxygen atoms in total. The number of nitrogens with one attached hydrogen (secondary N) is 2. The number of amides is 2. The zero-order chi connectivity index (χ0) is 80.9. The van der Waals surface area contributed by atoms with Crippen LogP contribution in [-0.4, -0.2) is 76.6 Å². The van der Waals surface area contributed by atoms with Gasteiger partial charge in [-0.25, -0.2) is 40.1 Å². The number of imidazole rings is 1. The van der Waals surface area contributed by atoms with E-state index in [2.05, 4.69) is 46.2 Å². The number of carbonyl (C=O) groups excluding carboxylic acids is 4. The Morgan fingerprint density at radius 1 is 0.345 bits per heavy atom. The fraction of sp³-hybridized carbons (Fsp3) is 0.115. The maximum Gasteiger partial charge on any atom is 0.268 e. The van der Waals surface area contributed by atoms with Gasteiger partial charge in [0.05, 0.1) is 23.6 Å². The lowest BCUT2D eigenvalue weighted by atomic mass is 10.0. The van der Waals surface area contributed by atoms with Gasteiger partial charge in [0.25, 0.3) is 11.8 Å². The summed E-state index contributed by atoms with van der Waals surface area (Å²) in [5.74, 6) is -2.59. The molecule has 2 amide bonds. The minimum absolute atomic E-state index is 0.0136. The van der Waals surface area contributed by atoms with Crippen molar-refractivity contribution in [3.8, 4) is 23.0 Å². The van der Waals surface area contributed by atoms with Gasteiger partial charge >= 0.3 is 0 Å². The van der Waals surface area contributed by atoms with Crippen LogP contribution in [0, 0.1) is 46.5 Å². The van der Waals surface area contributed by atoms with E-state index in [4.69, 9.17) is 18.9 Å². The highest BCUT2D eigenvalue weighted by atomic mass is 19.2. The van der Waals surface area contributed by atoms with Crippen molar-refractivity contribution in [3.05, 3.63) is 388 Å². The van der Waals surface area contributed by atoms with Crippen molar-refractivity contribution in [1.82, 2.24) is 63.8 Å². The molecule has 29 heteroatoms. The highest BCUT2D eigenvalue weighted by Crippen LogP contribution is 2.26. The number of benzene rings is 8. The van der Waals surface area contributed by atoms with Crippen LogP contribution in [0.25, 0.3) is 22.5 Å². The molecule has 0 fully saturated rings. The number of pyridine rings is 4. The fourth-order valence-corrected chi connectivity index (χ4v) is 11.8. The molecule has 0 aliphatic heterocycles. The molecule has 8 heterocycles. The Labute approximate surface area is 656 Å². The largest absolute Gasteiger partial charge is 0.489 e. The van der Waals surface area contributed by atoms with Crippen molar-refractivity contribution in [3.63, 3.8) is 0 Å². The Bertz CT molecular complexity index is 5810. The van der Waals surface area contributed by atoms with Gasteiger partial charge in [-0.2, -0.15) is 0 Å². The molecule has 0 atom stereocenters. The lowest BCUT2D eigenvalue weighted by molar-refractivity contribution is 0.0938. The molecule has 0 saturated carbocycles. The average Bonchev–Trinajstić information content (AvgIpc) is 1.64. The third kappa shape index (κ3) is 20.7. The highest BCUT2D eigenvalue weighted by molar-refractivity contribution is 6.00. The van der Waals surface area contributed by atoms with E-state index >= 15 is 0 Å². The molecule has 0 aliphatic rings. The first kappa shape index (κ1) is 79.3. The molecule has 0 unspecified atom stereocenters. The molecule has 116 heavy (non-hydrogen) atoms. The van der Waals surface area contributed by atoms with Gasteiger partial charge in [-0.05, 0) is 170 Å². The Morgan fingerprint density at radius 3 is 1.30 bits per heavy atom. The second-order valence-electron chi connectivity index (χ2n) is 25.8. The molecular formula is C87H67F8N13O8. The molecule has 8 aromatic carbocycles. The van der Waals surface area contributed by atoms with E-state index in [1.165, 1.54) is 97.6 Å². The molecule has 0 bridgehead atoms. The van der Waals surface area contributed by atoms with Gasteiger partial charge in [-0.1, -0.05) is 78.9 Å². The number of aryl methyl sites for hydroxylation is 2. The summed E-state index contributed by atoms with van der Waals surface area (Å²) >= 11 is 0. The van der Waals surface area contributed by atoms with E-state index in [0.29, 0.717) is 101 Å². The van der Waals surface area contributed by atoms with Crippen LogP contribution in [0.3, 0.4) is 0 Å². The van der Waals surface area contributed by atoms with Crippen molar-refractivity contribution >= 4 is 45.8 Å². The summed E-state index contributed by atoms with van der Waals surface area (Å²) in [6.07, 6.45) is 13.6. The Kier molecular flexibility index (Phi) is 26.0. The Morgan fingerprint density at radius 2 is 0.784 bits per heavy atom. The number of Topliss-reactive ketones (excluding diaryl/α,β-unsaturated/α-hetero) is 2. The van der Waals surface area contributed by atoms with Crippen LogP contribution in [-0.2, 0) is 52.4 Å². The monoisotopic (exact) mass is 1570 g/mol. The number of nitrogens with zero attached hydrogens (tertiary/aromatic N) is 11. The molecule has 584 valence electrons. The van der Waals surface area contributed by atoms with Crippen LogP contribution in [0.5, 0.6) is 23.0 Å². The van der Waals surface area contributed by atoms with Crippen LogP contribution in [0.4, 0.5) is 35.1 Å². The maximum absolute atomic E-state index is 14.2. The molecule has 8 aromatic heterocycles. The molecular weight excluding hydrogens is 1510 g/mol. The predicted molar refractivity (Wildman–Crippen MR) is 410 cm³/mol. The van der Waals surface area contributed by atoms with Crippen LogP contribution < -0.4 is 29.6 Å². The van der Waals surface area contributed by atoms with Gasteiger partial charge in [0.1, 0.15) is 121 Å². The van der Waals surface area contributed by atoms with E-state index in [0.717, 1.165) is 0 Å². The second-order valence-corrected chi connectivity index (χ2v) is 25.8. The quantitative estimate of drug-likeness (QED) is 0.0379. The molecule has 0 radical (unpaired) electrons. The summed E-state index contributed by atoms with van der Waals surface area (Å²) < 4.78 is 140. The molecule has 16 rings (SSSR count). The van der Waals surface area contributed by atoms with Gasteiger partial charge < -0.3 is 34.0 Å². The fourth-order valence-electron chi connectivity index (χ4n) is 11.8. The number of halogens is 8. The summed E-state index contributed by atoms with van der Waals surface area (Å²) in [6.45, 7) is 0.0502. The van der Waals surface area contributed by atoms with E-state index in [1.54, 1.807) is 195 Å². The zero-order valence-electron chi connectivity index (χ0n) is 61.3. The molecule has 0 saturated heterocycles. The number of hydrogen-bond acceptors (Lipinski definition) is 15. The number of hydrogen-bond donors (Lipinski definition) is 2. The average molecular weight is 1570 g/mol. The third-order valence-electron chi connectivity index (χ3n) is 18.1. The van der Waals surface area contributed by atoms with Crippen LogP contribution in [0.15, 0.2) is 275 Å². The number of carbonyl (C=O) groups is 4. The second kappa shape index (κ2) is 38.0. The lowest BCUT2D eigenvalue weighted by Gasteiger charge is -2.11. The summed E-state index contributed by atoms with van der Waals surface area (Å²) in [5, 5.41) is 28.4. The normalized spacial score (nSPS) is 10.9. The lowest BCUT2D eigenvalue weighted by Crippen LogP contribution is -2.25. The van der Waals surface area contributed by atoms with Gasteiger partial charge in [0.15, 0.2) is 28.5 Å². The standard InChI is InChI=1S/3C22H17F2N3O2.C21H16F2N4O2/c23-19-6-2-1-4-15(19)13-29-17-7-8-20(24)16(10-17)11-26-22(28)18-5-3-9-27-14-25-12-21(18)27;23-19-4-2-1-3-17(19)13-29-18-7-8-20(24)15(11-18)5-9-21(28)16-6-10-22-26-25-14-27(22)12-16;23-19-4-2-1-3-17(19)13-29-18-6-7-20(24)15(11-18)5-8-21(28)16-9-10-27-14-25-26-22(27)12-16;22-17-5-2-1-4-14(17)12-29-16-8-9-18(23)15(10-16)11-24-21(28)19-6-3-7-20-26-25-13-27(19)20/h1-10,12,14H,11,13H2,(H,26,28);1-4,6-8,10-12,14H,5,9,13H2;1-4,6-7,9-12,14H,5,8,13H2;1-10,13H,11-12H2,(H,24,28). The number of ether oxygens (including phenoxy) is 4. The highest BCUT2D eigenvalue weighted by Gasteiger charge is 2.19. The molecule has 0 spiro atoms. The Hall–Kier alpha value is -14.8. The number of aromatic nitrogens is 11. The SMILES string of the molecule is O=C(CCc1cc(OCc2ccccc2F)ccc1F)c1ccc2nncn2c1.O=C(CCc1cc(OCc2ccccc2F)ccc1F)c1ccn2cnnc2c1.O=C(NCc1cc(OCc2ccccc2F)ccc1F)c1cccc2nncn12.O=C(NCc1cc(OCc2ccccc2F)ccc1F)c1cccn2cncc12. The first-order valence-electron chi connectivity index (χ1n) is 35.9. The smallest absolute Gasteiger partial charge is 0.268 e. The van der Waals surface area contributed by atoms with E-state index in [-0.39, 0.29) is 117 Å². The van der Waals surface area contributed by atoms with Gasteiger partial charge in [0, 0.05) is 89.0 Å². The zero-order valence-corrected chi connectivity index (χ0v) is 61.3. The number of fused-ring (bicyclic) bond motifs is 4. The third-order valence-corrected chi connectivity index (χ3v) is 18.1. The van der Waals surface area contributed by atoms with Crippen molar-refractivity contribution in [2.75, 3.05) is 0 Å². The van der Waals surface area contributed by atoms with Crippen LogP contribution in [0.2, 0.25) is 0 Å². The summed E-state index contributed by atoms with van der Waals surface area (Å²) in [7, 11) is 0. The van der Waals surface area contributed by atoms with E-state index in [1.807, 2.05) is 0 Å². The minimum Gasteiger partial charge on any atom is -0.489 e. The van der Waals surface area contributed by atoms with Gasteiger partial charge in [-0.15, -0.1) is 30.6 Å². The van der Waals surface area contributed by atoms with Crippen molar-refractivity contribution in [2.45, 2.75) is 65.2 Å². The summed E-state index contributed by atoms with van der Waals surface area (Å²) in [4.78, 5) is 54.0. The first-order valence-corrected chi connectivity index (χ1v) is 35.9. The predicted octanol–water partition coefficient (Wildman–Crippen LogP) is 16.4. The van der Waals surface area contributed by atoms with E-state index in [9.17, 15) is 54.3 Å². The van der Waals surface area contributed by atoms with Crippen LogP contribution >= 0.6 is 0 Å². The summed E-state index contributed by atoms with van der Waals surface area (Å²) in [6, 6.07) is 57.4. The van der Waals surface area contributed by atoms with Crippen molar-refractivity contribution in [1.29, 1.82) is 0 Å². The first-order chi connectivity index (χ1) is 56.4. The maximum atomic E-state index is 14.2. The number of rotatable bonds is 26. The molecule has 16 aromatic rings. The van der Waals surface area contributed by atoms with Gasteiger partial charge in [0.2, 0.25) is 0 Å².